The molecule has 0 aromatic carbocycles. The van der Waals surface area contributed by atoms with Crippen molar-refractivity contribution >= 4 is 84.4 Å². The zero-order valence-corrected chi connectivity index (χ0v) is 32.9. The van der Waals surface area contributed by atoms with Crippen molar-refractivity contribution < 1.29 is 53.1 Å². The van der Waals surface area contributed by atoms with Gasteiger partial charge in [-0.1, -0.05) is 27.7 Å². The van der Waals surface area contributed by atoms with Crippen LogP contribution in [0.1, 0.15) is 48.0 Å². The number of hydrogen-bond acceptors (Lipinski definition) is 13. The number of amides is 9. The number of rotatable bonds is 24. The number of hydrogen-bond donors (Lipinski definition) is 13. The summed E-state index contributed by atoms with van der Waals surface area (Å²) < 4.78 is 0. The highest BCUT2D eigenvalue weighted by Crippen LogP contribution is 2.06. The van der Waals surface area contributed by atoms with Crippen molar-refractivity contribution in [2.45, 2.75) is 84.2 Å². The van der Waals surface area contributed by atoms with E-state index in [1.54, 1.807) is 27.7 Å². The Labute approximate surface area is 324 Å². The zero-order chi connectivity index (χ0) is 41.7. The molecule has 12 N–H and O–H groups in total. The van der Waals surface area contributed by atoms with Crippen LogP contribution in [0.5, 0.6) is 0 Å². The second-order valence-corrected chi connectivity index (χ2v) is 13.5. The molecule has 9 amide bonds. The van der Waals surface area contributed by atoms with Crippen LogP contribution in [0.15, 0.2) is 0 Å². The van der Waals surface area contributed by atoms with Crippen molar-refractivity contribution in [2.24, 2.45) is 17.6 Å². The summed E-state index contributed by atoms with van der Waals surface area (Å²) in [7, 11) is 0. The maximum atomic E-state index is 13.0. The topological polar surface area (TPSA) is 325 Å². The first-order valence-corrected chi connectivity index (χ1v) is 18.2. The molecule has 0 aromatic rings. The number of carbonyl (C=O) groups excluding carboxylic acids is 9. The van der Waals surface area contributed by atoms with Crippen LogP contribution in [0.3, 0.4) is 0 Å². The van der Waals surface area contributed by atoms with Crippen LogP contribution >= 0.6 is 25.3 Å². The van der Waals surface area contributed by atoms with Crippen molar-refractivity contribution in [3.05, 3.63) is 0 Å². The molecular formula is C31H54N10O11S2. The lowest BCUT2D eigenvalue weighted by atomic mass is 10.0. The highest BCUT2D eigenvalue weighted by Gasteiger charge is 2.30. The second-order valence-electron chi connectivity index (χ2n) is 12.8. The fourth-order valence-electron chi connectivity index (χ4n) is 4.24. The Kier molecular flexibility index (Phi) is 23.2. The van der Waals surface area contributed by atoms with Crippen LogP contribution in [0.25, 0.3) is 0 Å². The van der Waals surface area contributed by atoms with E-state index in [0.29, 0.717) is 0 Å². The molecular weight excluding hydrogens is 753 g/mol. The predicted octanol–water partition coefficient (Wildman–Crippen LogP) is -5.11. The third kappa shape index (κ3) is 19.4. The van der Waals surface area contributed by atoms with E-state index in [-0.39, 0.29) is 30.4 Å². The zero-order valence-electron chi connectivity index (χ0n) is 31.1. The van der Waals surface area contributed by atoms with Gasteiger partial charge in [0.05, 0.1) is 26.2 Å². The predicted molar refractivity (Wildman–Crippen MR) is 201 cm³/mol. The molecule has 0 aliphatic rings. The van der Waals surface area contributed by atoms with Gasteiger partial charge in [-0.3, -0.25) is 43.2 Å². The van der Waals surface area contributed by atoms with E-state index < -0.39 is 121 Å². The highest BCUT2D eigenvalue weighted by atomic mass is 32.1. The molecule has 0 heterocycles. The van der Waals surface area contributed by atoms with Crippen LogP contribution in [-0.2, 0) is 47.9 Å². The standard InChI is InChI=1S/C31H54N10O11S2/c1-14(2)7-18(28(48)36-16(5)26(46)34-10-24(45)40-20(13-54)31(51)52)38-23(44)11-35-30(50)25(15(3)4)41-27(47)17(6)37-29(49)19(12-53)39-22(43)9-33-21(42)8-32/h14-20,25,53-54H,7-13,32H2,1-6H3,(H,33,42)(H,34,46)(H,35,50)(H,36,48)(H,37,49)(H,38,44)(H,39,43)(H,40,45)(H,41,47)(H,51,52)/t16-,17-,18-,19-,20-,25-/m0/s1. The number of thiol groups is 2. The minimum Gasteiger partial charge on any atom is -0.480 e. The molecule has 21 nitrogen and oxygen atoms in total. The van der Waals surface area contributed by atoms with E-state index in [1.165, 1.54) is 13.8 Å². The van der Waals surface area contributed by atoms with Gasteiger partial charge < -0.3 is 58.7 Å². The molecule has 306 valence electrons. The van der Waals surface area contributed by atoms with E-state index in [4.69, 9.17) is 10.8 Å². The molecule has 0 saturated carbocycles. The molecule has 6 atom stereocenters. The third-order valence-corrected chi connectivity index (χ3v) is 7.97. The summed E-state index contributed by atoms with van der Waals surface area (Å²) in [6.07, 6.45) is 0.152. The summed E-state index contributed by atoms with van der Waals surface area (Å²) in [4.78, 5) is 123. The number of carboxylic acids is 1. The normalized spacial score (nSPS) is 14.1. The lowest BCUT2D eigenvalue weighted by Gasteiger charge is -2.25. The average Bonchev–Trinajstić information content (AvgIpc) is 3.10. The lowest BCUT2D eigenvalue weighted by molar-refractivity contribution is -0.141. The summed E-state index contributed by atoms with van der Waals surface area (Å²) in [5.41, 5.74) is 5.17. The Balaban J connectivity index is 5.22. The van der Waals surface area contributed by atoms with E-state index in [0.717, 1.165) is 0 Å². The van der Waals surface area contributed by atoms with Gasteiger partial charge in [-0.25, -0.2) is 4.79 Å². The van der Waals surface area contributed by atoms with E-state index in [9.17, 15) is 47.9 Å². The van der Waals surface area contributed by atoms with Crippen LogP contribution in [-0.4, -0.2) is 138 Å². The van der Waals surface area contributed by atoms with Gasteiger partial charge in [-0.05, 0) is 32.1 Å². The first kappa shape index (κ1) is 49.4. The second kappa shape index (κ2) is 25.4. The van der Waals surface area contributed by atoms with E-state index >= 15 is 0 Å². The van der Waals surface area contributed by atoms with Gasteiger partial charge in [0, 0.05) is 11.5 Å². The Morgan fingerprint density at radius 2 is 0.944 bits per heavy atom. The van der Waals surface area contributed by atoms with Gasteiger partial charge >= 0.3 is 5.97 Å². The molecule has 0 saturated heterocycles. The molecule has 54 heavy (non-hydrogen) atoms. The first-order chi connectivity index (χ1) is 25.2. The highest BCUT2D eigenvalue weighted by molar-refractivity contribution is 7.80. The fraction of sp³-hybridized carbons (Fsp3) is 0.677. The number of aliphatic carboxylic acids is 1. The van der Waals surface area contributed by atoms with Gasteiger partial charge in [-0.15, -0.1) is 0 Å². The van der Waals surface area contributed by atoms with E-state index in [2.05, 4.69) is 73.1 Å². The lowest BCUT2D eigenvalue weighted by Crippen LogP contribution is -2.58. The van der Waals surface area contributed by atoms with Crippen molar-refractivity contribution in [3.8, 4) is 0 Å². The summed E-state index contributed by atoms with van der Waals surface area (Å²) >= 11 is 7.88. The fourth-order valence-corrected chi connectivity index (χ4v) is 4.74. The maximum absolute atomic E-state index is 13.0. The largest absolute Gasteiger partial charge is 0.480 e. The molecule has 0 aliphatic heterocycles. The van der Waals surface area contributed by atoms with Crippen molar-refractivity contribution in [1.29, 1.82) is 0 Å². The molecule has 0 rings (SSSR count). The average molecular weight is 807 g/mol. The quantitative estimate of drug-likeness (QED) is 0.0408. The van der Waals surface area contributed by atoms with Crippen LogP contribution in [0, 0.1) is 11.8 Å². The Hall–Kier alpha value is -4.64. The summed E-state index contributed by atoms with van der Waals surface area (Å²) in [5.74, 6) is -8.74. The van der Waals surface area contributed by atoms with Gasteiger partial charge in [0.1, 0.15) is 36.3 Å². The van der Waals surface area contributed by atoms with Crippen LogP contribution < -0.4 is 53.6 Å². The number of nitrogens with one attached hydrogen (secondary N) is 9. The number of carbonyl (C=O) groups is 10. The van der Waals surface area contributed by atoms with Gasteiger partial charge in [-0.2, -0.15) is 25.3 Å². The molecule has 0 bridgehead atoms. The summed E-state index contributed by atoms with van der Waals surface area (Å²) in [5, 5.41) is 30.4. The smallest absolute Gasteiger partial charge is 0.327 e. The third-order valence-electron chi connectivity index (χ3n) is 7.24. The molecule has 0 radical (unpaired) electrons. The Morgan fingerprint density at radius 3 is 1.39 bits per heavy atom. The molecule has 0 aromatic heterocycles. The molecule has 0 unspecified atom stereocenters. The maximum Gasteiger partial charge on any atom is 0.327 e. The van der Waals surface area contributed by atoms with Gasteiger partial charge in [0.15, 0.2) is 0 Å². The molecule has 0 aliphatic carbocycles. The van der Waals surface area contributed by atoms with Crippen LogP contribution in [0.2, 0.25) is 0 Å². The first-order valence-electron chi connectivity index (χ1n) is 16.9. The van der Waals surface area contributed by atoms with Gasteiger partial charge in [0.25, 0.3) is 0 Å². The minimum absolute atomic E-state index is 0.0937. The van der Waals surface area contributed by atoms with Crippen molar-refractivity contribution in [2.75, 3.05) is 37.7 Å². The van der Waals surface area contributed by atoms with Crippen LogP contribution in [0.4, 0.5) is 0 Å². The molecule has 23 heteroatoms. The number of nitrogens with two attached hydrogens (primary N) is 1. The SMILES string of the molecule is CC(C)C[C@H](NC(=O)CNC(=O)[C@@H](NC(=O)[C@H](C)NC(=O)[C@H](CS)NC(=O)CNC(=O)CN)C(C)C)C(=O)N[C@@H](C)C(=O)NCC(=O)N[C@@H](CS)C(=O)O. The molecule has 0 spiro atoms. The van der Waals surface area contributed by atoms with Gasteiger partial charge in [0.2, 0.25) is 53.2 Å². The summed E-state index contributed by atoms with van der Waals surface area (Å²) in [6, 6.07) is -7.03. The Bertz CT molecular complexity index is 1370. The monoisotopic (exact) mass is 806 g/mol. The number of carboxylic acid groups (broad SMARTS) is 1. The summed E-state index contributed by atoms with van der Waals surface area (Å²) in [6.45, 7) is 7.60. The Morgan fingerprint density at radius 1 is 0.519 bits per heavy atom. The van der Waals surface area contributed by atoms with Crippen molar-refractivity contribution in [1.82, 2.24) is 47.9 Å². The minimum atomic E-state index is -1.30. The van der Waals surface area contributed by atoms with Crippen molar-refractivity contribution in [3.63, 3.8) is 0 Å². The van der Waals surface area contributed by atoms with E-state index in [1.807, 2.05) is 0 Å². The molecule has 0 fully saturated rings.